The van der Waals surface area contributed by atoms with E-state index < -0.39 is 0 Å². The fraction of sp³-hybridized carbons (Fsp3) is 0.300. The van der Waals surface area contributed by atoms with E-state index in [2.05, 4.69) is 15.9 Å². The van der Waals surface area contributed by atoms with Crippen LogP contribution >= 0.6 is 27.5 Å². The highest BCUT2D eigenvalue weighted by molar-refractivity contribution is 9.09. The summed E-state index contributed by atoms with van der Waals surface area (Å²) in [6, 6.07) is 4.75. The molecule has 15 heavy (non-hydrogen) atoms. The Morgan fingerprint density at radius 2 is 2.27 bits per heavy atom. The van der Waals surface area contributed by atoms with Crippen LogP contribution in [0, 0.1) is 0 Å². The highest BCUT2D eigenvalue weighted by Gasteiger charge is 2.30. The van der Waals surface area contributed by atoms with Crippen LogP contribution in [-0.2, 0) is 4.79 Å². The van der Waals surface area contributed by atoms with Gasteiger partial charge in [-0.25, -0.2) is 0 Å². The van der Waals surface area contributed by atoms with E-state index in [9.17, 15) is 9.90 Å². The van der Waals surface area contributed by atoms with Gasteiger partial charge in [-0.2, -0.15) is 0 Å². The molecule has 1 unspecified atom stereocenters. The molecular formula is C10H9BrClNO2. The Balaban J connectivity index is 2.34. The second-order valence-electron chi connectivity index (χ2n) is 3.44. The minimum Gasteiger partial charge on any atom is -0.506 e. The van der Waals surface area contributed by atoms with Gasteiger partial charge in [-0.05, 0) is 12.1 Å². The number of amides is 1. The molecule has 0 saturated carbocycles. The minimum absolute atomic E-state index is 0.00879. The van der Waals surface area contributed by atoms with Crippen molar-refractivity contribution in [3.05, 3.63) is 23.2 Å². The molecular weight excluding hydrogens is 281 g/mol. The van der Waals surface area contributed by atoms with E-state index in [0.717, 1.165) is 0 Å². The highest BCUT2D eigenvalue weighted by atomic mass is 79.9. The molecule has 2 rings (SSSR count). The molecule has 0 aromatic heterocycles. The van der Waals surface area contributed by atoms with Crippen molar-refractivity contribution in [2.45, 2.75) is 11.2 Å². The molecule has 1 N–H and O–H groups in total. The molecule has 0 spiro atoms. The van der Waals surface area contributed by atoms with Gasteiger partial charge in [-0.15, -0.1) is 0 Å². The lowest BCUT2D eigenvalue weighted by atomic mass is 10.2. The van der Waals surface area contributed by atoms with Crippen molar-refractivity contribution in [1.29, 1.82) is 0 Å². The van der Waals surface area contributed by atoms with Gasteiger partial charge in [0, 0.05) is 28.9 Å². The first kappa shape index (κ1) is 10.8. The number of hydrogen-bond donors (Lipinski definition) is 1. The second-order valence-corrected chi connectivity index (χ2v) is 5.17. The van der Waals surface area contributed by atoms with Crippen LogP contribution in [0.2, 0.25) is 5.02 Å². The van der Waals surface area contributed by atoms with Crippen LogP contribution in [0.3, 0.4) is 0 Å². The number of nitrogens with zero attached hydrogens (tertiary/aromatic N) is 1. The van der Waals surface area contributed by atoms with Crippen molar-refractivity contribution in [3.8, 4) is 5.75 Å². The van der Waals surface area contributed by atoms with Crippen molar-refractivity contribution >= 4 is 39.1 Å². The zero-order valence-corrected chi connectivity index (χ0v) is 10.1. The van der Waals surface area contributed by atoms with Crippen LogP contribution in [0.25, 0.3) is 0 Å². The van der Waals surface area contributed by atoms with Gasteiger partial charge in [-0.3, -0.25) is 4.79 Å². The van der Waals surface area contributed by atoms with Crippen molar-refractivity contribution in [1.82, 2.24) is 0 Å². The number of carbonyl (C=O) groups excluding carboxylic acids is 1. The summed E-state index contributed by atoms with van der Waals surface area (Å²) in [4.78, 5) is 13.3. The number of phenolic OH excluding ortho intramolecular Hbond substituents is 1. The highest BCUT2D eigenvalue weighted by Crippen LogP contribution is 2.33. The third-order valence-electron chi connectivity index (χ3n) is 2.31. The summed E-state index contributed by atoms with van der Waals surface area (Å²) < 4.78 is 0. The van der Waals surface area contributed by atoms with E-state index in [1.165, 1.54) is 6.07 Å². The van der Waals surface area contributed by atoms with Crippen LogP contribution in [0.4, 0.5) is 5.69 Å². The maximum Gasteiger partial charge on any atom is 0.228 e. The quantitative estimate of drug-likeness (QED) is 0.808. The third kappa shape index (κ3) is 2.11. The molecule has 0 aliphatic carbocycles. The minimum atomic E-state index is 0.00879. The smallest absolute Gasteiger partial charge is 0.228 e. The Morgan fingerprint density at radius 3 is 2.80 bits per heavy atom. The average molecular weight is 291 g/mol. The van der Waals surface area contributed by atoms with Crippen LogP contribution in [0.1, 0.15) is 6.42 Å². The number of rotatable bonds is 1. The monoisotopic (exact) mass is 289 g/mol. The Hall–Kier alpha value is -0.740. The summed E-state index contributed by atoms with van der Waals surface area (Å²) in [7, 11) is 0. The lowest BCUT2D eigenvalue weighted by Crippen LogP contribution is -2.24. The molecule has 1 fully saturated rings. The molecule has 1 amide bonds. The van der Waals surface area contributed by atoms with Crippen LogP contribution in [0.5, 0.6) is 5.75 Å². The van der Waals surface area contributed by atoms with Crippen LogP contribution < -0.4 is 4.90 Å². The van der Waals surface area contributed by atoms with Gasteiger partial charge >= 0.3 is 0 Å². The van der Waals surface area contributed by atoms with Crippen LogP contribution in [-0.4, -0.2) is 22.4 Å². The van der Waals surface area contributed by atoms with Gasteiger partial charge in [0.05, 0.1) is 5.69 Å². The summed E-state index contributed by atoms with van der Waals surface area (Å²) >= 11 is 9.10. The number of hydrogen-bond acceptors (Lipinski definition) is 2. The summed E-state index contributed by atoms with van der Waals surface area (Å²) in [5.41, 5.74) is 0.520. The maximum atomic E-state index is 11.6. The van der Waals surface area contributed by atoms with Gasteiger partial charge in [0.1, 0.15) is 5.75 Å². The van der Waals surface area contributed by atoms with E-state index in [0.29, 0.717) is 23.7 Å². The van der Waals surface area contributed by atoms with Gasteiger partial charge in [0.2, 0.25) is 5.91 Å². The van der Waals surface area contributed by atoms with Crippen molar-refractivity contribution < 1.29 is 9.90 Å². The van der Waals surface area contributed by atoms with Crippen molar-refractivity contribution in [3.63, 3.8) is 0 Å². The summed E-state index contributed by atoms with van der Waals surface area (Å²) in [5, 5.41) is 10.1. The Bertz CT molecular complexity index is 410. The fourth-order valence-corrected chi connectivity index (χ4v) is 2.35. The summed E-state index contributed by atoms with van der Waals surface area (Å²) in [6.45, 7) is 0.577. The summed E-state index contributed by atoms with van der Waals surface area (Å²) in [5.74, 6) is 0.0481. The number of halogens is 2. The summed E-state index contributed by atoms with van der Waals surface area (Å²) in [6.07, 6.45) is 0.460. The van der Waals surface area contributed by atoms with E-state index in [1.54, 1.807) is 17.0 Å². The lowest BCUT2D eigenvalue weighted by Gasteiger charge is -2.17. The van der Waals surface area contributed by atoms with E-state index in [4.69, 9.17) is 11.6 Å². The molecule has 1 atom stereocenters. The fourth-order valence-electron chi connectivity index (χ4n) is 1.62. The topological polar surface area (TPSA) is 40.5 Å². The van der Waals surface area contributed by atoms with Crippen molar-refractivity contribution in [2.75, 3.05) is 11.4 Å². The van der Waals surface area contributed by atoms with E-state index in [1.807, 2.05) is 0 Å². The van der Waals surface area contributed by atoms with Crippen LogP contribution in [0.15, 0.2) is 18.2 Å². The number of aromatic hydroxyl groups is 1. The Kier molecular flexibility index (Phi) is 2.89. The van der Waals surface area contributed by atoms with Crippen molar-refractivity contribution in [2.24, 2.45) is 0 Å². The van der Waals surface area contributed by atoms with Gasteiger partial charge in [0.15, 0.2) is 0 Å². The first-order chi connectivity index (χ1) is 7.08. The largest absolute Gasteiger partial charge is 0.506 e. The molecule has 1 aromatic carbocycles. The zero-order chi connectivity index (χ0) is 11.0. The molecule has 0 bridgehead atoms. The number of carbonyl (C=O) groups is 1. The number of alkyl halides is 1. The molecule has 0 radical (unpaired) electrons. The second kappa shape index (κ2) is 4.02. The molecule has 5 heteroatoms. The molecule has 3 nitrogen and oxygen atoms in total. The zero-order valence-electron chi connectivity index (χ0n) is 7.78. The Labute approximate surface area is 101 Å². The molecule has 1 saturated heterocycles. The van der Waals surface area contributed by atoms with E-state index >= 15 is 0 Å². The maximum absolute atomic E-state index is 11.6. The lowest BCUT2D eigenvalue weighted by molar-refractivity contribution is -0.117. The first-order valence-corrected chi connectivity index (χ1v) is 5.80. The van der Waals surface area contributed by atoms with Gasteiger partial charge < -0.3 is 10.0 Å². The standard InChI is InChI=1S/C10H9BrClNO2/c11-6-3-10(15)13(5-6)8-2-1-7(12)4-9(8)14/h1-2,4,6,14H,3,5H2. The molecule has 1 heterocycles. The molecule has 1 aliphatic rings. The first-order valence-electron chi connectivity index (χ1n) is 4.51. The van der Waals surface area contributed by atoms with E-state index in [-0.39, 0.29) is 16.5 Å². The van der Waals surface area contributed by atoms with Gasteiger partial charge in [-0.1, -0.05) is 27.5 Å². The SMILES string of the molecule is O=C1CC(Br)CN1c1ccc(Cl)cc1O. The molecule has 1 aliphatic heterocycles. The normalized spacial score (nSPS) is 21.1. The average Bonchev–Trinajstić information content (AvgIpc) is 2.45. The predicted octanol–water partition coefficient (Wildman–Crippen LogP) is 2.55. The molecule has 80 valence electrons. The molecule has 1 aromatic rings. The number of phenols is 1. The predicted molar refractivity (Wildman–Crippen MR) is 62.8 cm³/mol. The number of anilines is 1. The third-order valence-corrected chi connectivity index (χ3v) is 3.15. The van der Waals surface area contributed by atoms with Gasteiger partial charge in [0.25, 0.3) is 0 Å². The Morgan fingerprint density at radius 1 is 1.53 bits per heavy atom. The number of benzene rings is 1.